The summed E-state index contributed by atoms with van der Waals surface area (Å²) >= 11 is 0. The molecule has 118 valence electrons. The molecule has 0 aliphatic rings. The molecule has 1 amide bonds. The third-order valence-electron chi connectivity index (χ3n) is 2.69. The highest BCUT2D eigenvalue weighted by molar-refractivity contribution is 5.68. The van der Waals surface area contributed by atoms with Crippen LogP contribution in [0.2, 0.25) is 0 Å². The van der Waals surface area contributed by atoms with Crippen LogP contribution in [-0.2, 0) is 9.53 Å². The first-order valence-electron chi connectivity index (χ1n) is 7.05. The van der Waals surface area contributed by atoms with Crippen LogP contribution in [0.1, 0.15) is 59.8 Å². The molecular formula is C14H27NO5. The van der Waals surface area contributed by atoms with Crippen LogP contribution >= 0.6 is 0 Å². The molecule has 0 fully saturated rings. The summed E-state index contributed by atoms with van der Waals surface area (Å²) in [6.45, 7) is 7.28. The maximum Gasteiger partial charge on any atom is 0.407 e. The van der Waals surface area contributed by atoms with Crippen LogP contribution in [0.4, 0.5) is 4.79 Å². The SMILES string of the molecule is CCCC[C@H](NC(=O)OC(C)(C)C)[C@@H](O)CCC(=O)O. The van der Waals surface area contributed by atoms with Gasteiger partial charge in [-0.05, 0) is 33.6 Å². The highest BCUT2D eigenvalue weighted by atomic mass is 16.6. The van der Waals surface area contributed by atoms with Crippen molar-refractivity contribution in [3.63, 3.8) is 0 Å². The number of carboxylic acid groups (broad SMARTS) is 1. The molecule has 0 rings (SSSR count). The zero-order valence-electron chi connectivity index (χ0n) is 12.8. The maximum atomic E-state index is 11.7. The first-order valence-corrected chi connectivity index (χ1v) is 7.05. The number of aliphatic carboxylic acids is 1. The Labute approximate surface area is 120 Å². The molecular weight excluding hydrogens is 262 g/mol. The second-order valence-electron chi connectivity index (χ2n) is 5.89. The highest BCUT2D eigenvalue weighted by Gasteiger charge is 2.24. The van der Waals surface area contributed by atoms with Crippen molar-refractivity contribution in [3.05, 3.63) is 0 Å². The third kappa shape index (κ3) is 9.61. The number of carbonyl (C=O) groups is 2. The van der Waals surface area contributed by atoms with E-state index in [1.165, 1.54) is 0 Å². The molecule has 0 aromatic heterocycles. The van der Waals surface area contributed by atoms with E-state index < -0.39 is 29.8 Å². The largest absolute Gasteiger partial charge is 0.481 e. The molecule has 0 saturated heterocycles. The Morgan fingerprint density at radius 2 is 1.85 bits per heavy atom. The fraction of sp³-hybridized carbons (Fsp3) is 0.857. The normalized spacial score (nSPS) is 14.4. The predicted octanol–water partition coefficient (Wildman–Crippen LogP) is 2.30. The lowest BCUT2D eigenvalue weighted by atomic mass is 10.0. The van der Waals surface area contributed by atoms with Gasteiger partial charge >= 0.3 is 12.1 Å². The van der Waals surface area contributed by atoms with Crippen molar-refractivity contribution in [3.8, 4) is 0 Å². The van der Waals surface area contributed by atoms with Crippen LogP contribution in [0.5, 0.6) is 0 Å². The number of aliphatic hydroxyl groups excluding tert-OH is 1. The van der Waals surface area contributed by atoms with Gasteiger partial charge in [-0.1, -0.05) is 19.8 Å². The molecule has 0 aromatic carbocycles. The maximum absolute atomic E-state index is 11.7. The van der Waals surface area contributed by atoms with E-state index in [0.29, 0.717) is 6.42 Å². The standard InChI is InChI=1S/C14H27NO5/c1-5-6-7-10(11(16)8-9-12(17)18)15-13(19)20-14(2,3)4/h10-11,16H,5-9H2,1-4H3,(H,15,19)(H,17,18)/t10-,11-/m0/s1. The van der Waals surface area contributed by atoms with Gasteiger partial charge in [0.2, 0.25) is 0 Å². The quantitative estimate of drug-likeness (QED) is 0.637. The first kappa shape index (κ1) is 18.7. The Balaban J connectivity index is 4.46. The predicted molar refractivity (Wildman–Crippen MR) is 75.6 cm³/mol. The smallest absolute Gasteiger partial charge is 0.407 e. The second kappa shape index (κ2) is 8.79. The molecule has 20 heavy (non-hydrogen) atoms. The van der Waals surface area contributed by atoms with Gasteiger partial charge in [0.25, 0.3) is 0 Å². The molecule has 0 saturated carbocycles. The van der Waals surface area contributed by atoms with E-state index in [0.717, 1.165) is 12.8 Å². The van der Waals surface area contributed by atoms with Crippen molar-refractivity contribution >= 4 is 12.1 Å². The Bertz CT molecular complexity index is 311. The lowest BCUT2D eigenvalue weighted by Crippen LogP contribution is -2.45. The third-order valence-corrected chi connectivity index (χ3v) is 2.69. The number of ether oxygens (including phenoxy) is 1. The molecule has 3 N–H and O–H groups in total. The van der Waals surface area contributed by atoms with E-state index in [2.05, 4.69) is 5.32 Å². The van der Waals surface area contributed by atoms with Crippen LogP contribution in [0.3, 0.4) is 0 Å². The van der Waals surface area contributed by atoms with Gasteiger partial charge in [-0.2, -0.15) is 0 Å². The Kier molecular flexibility index (Phi) is 8.22. The molecule has 0 aliphatic heterocycles. The van der Waals surface area contributed by atoms with Gasteiger partial charge in [0, 0.05) is 6.42 Å². The molecule has 0 aliphatic carbocycles. The summed E-state index contributed by atoms with van der Waals surface area (Å²) in [7, 11) is 0. The Morgan fingerprint density at radius 1 is 1.25 bits per heavy atom. The van der Waals surface area contributed by atoms with Gasteiger partial charge in [0.05, 0.1) is 12.1 Å². The average Bonchev–Trinajstić information content (AvgIpc) is 2.28. The Hall–Kier alpha value is -1.30. The zero-order chi connectivity index (χ0) is 15.8. The number of hydrogen-bond acceptors (Lipinski definition) is 4. The van der Waals surface area contributed by atoms with Crippen molar-refractivity contribution in [2.24, 2.45) is 0 Å². The zero-order valence-corrected chi connectivity index (χ0v) is 12.8. The van der Waals surface area contributed by atoms with Crippen molar-refractivity contribution in [2.45, 2.75) is 77.5 Å². The minimum Gasteiger partial charge on any atom is -0.481 e. The van der Waals surface area contributed by atoms with Crippen LogP contribution in [0.15, 0.2) is 0 Å². The summed E-state index contributed by atoms with van der Waals surface area (Å²) < 4.78 is 5.15. The molecule has 0 aromatic rings. The van der Waals surface area contributed by atoms with Crippen molar-refractivity contribution in [1.29, 1.82) is 0 Å². The number of carbonyl (C=O) groups excluding carboxylic acids is 1. The second-order valence-corrected chi connectivity index (χ2v) is 5.89. The number of carboxylic acids is 1. The minimum atomic E-state index is -0.962. The highest BCUT2D eigenvalue weighted by Crippen LogP contribution is 2.12. The summed E-state index contributed by atoms with van der Waals surface area (Å²) in [6.07, 6.45) is 0.872. The van der Waals surface area contributed by atoms with Crippen molar-refractivity contribution < 1.29 is 24.5 Å². The summed E-state index contributed by atoms with van der Waals surface area (Å²) in [4.78, 5) is 22.2. The van der Waals surface area contributed by atoms with Gasteiger partial charge in [-0.15, -0.1) is 0 Å². The lowest BCUT2D eigenvalue weighted by Gasteiger charge is -2.26. The molecule has 0 unspecified atom stereocenters. The van der Waals surface area contributed by atoms with Gasteiger partial charge < -0.3 is 20.3 Å². The van der Waals surface area contributed by atoms with Gasteiger partial charge in [-0.25, -0.2) is 4.79 Å². The molecule has 6 nitrogen and oxygen atoms in total. The fourth-order valence-electron chi connectivity index (χ4n) is 1.72. The number of hydrogen-bond donors (Lipinski definition) is 3. The lowest BCUT2D eigenvalue weighted by molar-refractivity contribution is -0.137. The van der Waals surface area contributed by atoms with Crippen LogP contribution in [0.25, 0.3) is 0 Å². The van der Waals surface area contributed by atoms with Gasteiger partial charge in [0.1, 0.15) is 5.60 Å². The van der Waals surface area contributed by atoms with Gasteiger partial charge in [0.15, 0.2) is 0 Å². The number of rotatable bonds is 8. The topological polar surface area (TPSA) is 95.9 Å². The average molecular weight is 289 g/mol. The number of aliphatic hydroxyl groups is 1. The summed E-state index contributed by atoms with van der Waals surface area (Å²) in [5, 5.41) is 21.3. The number of alkyl carbamates (subject to hydrolysis) is 1. The summed E-state index contributed by atoms with van der Waals surface area (Å²) in [5.41, 5.74) is -0.606. The van der Waals surface area contributed by atoms with Crippen LogP contribution < -0.4 is 5.32 Å². The monoisotopic (exact) mass is 289 g/mol. The van der Waals surface area contributed by atoms with Crippen LogP contribution in [0, 0.1) is 0 Å². The number of nitrogens with one attached hydrogen (secondary N) is 1. The van der Waals surface area contributed by atoms with E-state index in [1.807, 2.05) is 6.92 Å². The Morgan fingerprint density at radius 3 is 2.30 bits per heavy atom. The van der Waals surface area contributed by atoms with E-state index in [9.17, 15) is 14.7 Å². The van der Waals surface area contributed by atoms with E-state index in [1.54, 1.807) is 20.8 Å². The molecule has 2 atom stereocenters. The number of amides is 1. The number of unbranched alkanes of at least 4 members (excludes halogenated alkanes) is 1. The minimum absolute atomic E-state index is 0.111. The molecule has 0 radical (unpaired) electrons. The van der Waals surface area contributed by atoms with E-state index in [4.69, 9.17) is 9.84 Å². The van der Waals surface area contributed by atoms with Crippen LogP contribution in [-0.4, -0.2) is 40.0 Å². The summed E-state index contributed by atoms with van der Waals surface area (Å²) in [5.74, 6) is -0.962. The van der Waals surface area contributed by atoms with E-state index in [-0.39, 0.29) is 12.8 Å². The fourth-order valence-corrected chi connectivity index (χ4v) is 1.72. The van der Waals surface area contributed by atoms with Gasteiger partial charge in [-0.3, -0.25) is 4.79 Å². The van der Waals surface area contributed by atoms with Crippen molar-refractivity contribution in [1.82, 2.24) is 5.32 Å². The summed E-state index contributed by atoms with van der Waals surface area (Å²) in [6, 6.07) is -0.482. The molecule has 0 heterocycles. The van der Waals surface area contributed by atoms with Crippen molar-refractivity contribution in [2.75, 3.05) is 0 Å². The molecule has 0 bridgehead atoms. The molecule has 0 spiro atoms. The first-order chi connectivity index (χ1) is 9.15. The van der Waals surface area contributed by atoms with E-state index >= 15 is 0 Å². The molecule has 6 heteroatoms.